The van der Waals surface area contributed by atoms with Crippen LogP contribution in [0.5, 0.6) is 5.88 Å². The van der Waals surface area contributed by atoms with Crippen LogP contribution in [0.4, 0.5) is 87.8 Å². The number of aromatic nitrogens is 2. The van der Waals surface area contributed by atoms with Crippen molar-refractivity contribution in [2.75, 3.05) is 7.11 Å². The zero-order valence-electron chi connectivity index (χ0n) is 28.8. The third-order valence-electron chi connectivity index (χ3n) is 8.91. The van der Waals surface area contributed by atoms with Crippen molar-refractivity contribution in [2.24, 2.45) is 0 Å². The van der Waals surface area contributed by atoms with E-state index in [9.17, 15) is 52.7 Å². The molecule has 1 heterocycles. The third kappa shape index (κ3) is 6.89. The van der Waals surface area contributed by atoms with Gasteiger partial charge in [-0.15, -0.1) is 21.9 Å². The van der Waals surface area contributed by atoms with Crippen molar-refractivity contribution in [1.29, 1.82) is 0 Å². The van der Waals surface area contributed by atoms with E-state index < -0.39 is 144 Å². The quantitative estimate of drug-likeness (QED) is 0.0555. The summed E-state index contributed by atoms with van der Waals surface area (Å²) in [4.78, 5) is 4.01. The molecule has 316 valence electrons. The van der Waals surface area contributed by atoms with E-state index in [1.165, 1.54) is 5.56 Å². The molecule has 1 aromatic heterocycles. The molecule has 24 heteroatoms. The summed E-state index contributed by atoms with van der Waals surface area (Å²) in [6, 6.07) is 10.3. The highest BCUT2D eigenvalue weighted by Gasteiger charge is 2.52. The molecular weight excluding hydrogens is 867 g/mol. The van der Waals surface area contributed by atoms with Crippen LogP contribution in [-0.2, 0) is 6.54 Å². The Hall–Kier alpha value is -6.36. The van der Waals surface area contributed by atoms with Crippen LogP contribution in [0.15, 0.2) is 48.9 Å². The van der Waals surface area contributed by atoms with Crippen molar-refractivity contribution in [1.82, 2.24) is 4.98 Å². The molecule has 0 radical (unpaired) electrons. The van der Waals surface area contributed by atoms with E-state index in [4.69, 9.17) is 4.74 Å². The van der Waals surface area contributed by atoms with Gasteiger partial charge in [0.05, 0.1) is 13.3 Å². The zero-order valence-corrected chi connectivity index (χ0v) is 28.8. The molecule has 3 nitrogen and oxygen atoms in total. The van der Waals surface area contributed by atoms with E-state index in [1.807, 2.05) is 29.0 Å². The molecule has 0 saturated heterocycles. The summed E-state index contributed by atoms with van der Waals surface area (Å²) in [6.45, 7) is 0.798. The molecule has 6 aromatic rings. The maximum Gasteiger partial charge on any atom is 0.386 e. The predicted octanol–water partition coefficient (Wildman–Crippen LogP) is 7.27. The Labute approximate surface area is 320 Å². The number of ether oxygens (including phenoxy) is 1. The van der Waals surface area contributed by atoms with Crippen LogP contribution in [0, 0.1) is 116 Å². The van der Waals surface area contributed by atoms with Crippen molar-refractivity contribution < 1.29 is 97.1 Å². The first-order valence-electron chi connectivity index (χ1n) is 15.7. The summed E-state index contributed by atoms with van der Waals surface area (Å²) in [5.41, 5.74) is -13.1. The molecular formula is C36H13BF20N2O. The van der Waals surface area contributed by atoms with E-state index in [-0.39, 0.29) is 0 Å². The van der Waals surface area contributed by atoms with Gasteiger partial charge in [-0.1, -0.05) is 30.3 Å². The lowest BCUT2D eigenvalue weighted by Crippen LogP contribution is -2.81. The summed E-state index contributed by atoms with van der Waals surface area (Å²) in [7, 11) is 1.65. The van der Waals surface area contributed by atoms with Gasteiger partial charge in [0.15, 0.2) is 82.5 Å². The van der Waals surface area contributed by atoms with Crippen LogP contribution in [0.25, 0.3) is 0 Å². The van der Waals surface area contributed by atoms with Crippen LogP contribution < -0.4 is 31.2 Å². The summed E-state index contributed by atoms with van der Waals surface area (Å²) in [5.74, 6) is -70.6. The van der Waals surface area contributed by atoms with Gasteiger partial charge in [0.25, 0.3) is 0 Å². The average Bonchev–Trinajstić information content (AvgIpc) is 3.24. The molecule has 0 fully saturated rings. The molecule has 6 rings (SSSR count). The maximum absolute atomic E-state index is 15.4. The molecule has 0 N–H and O–H groups in total. The zero-order chi connectivity index (χ0) is 44.9. The number of methoxy groups -OCH3 is 1. The normalized spacial score (nSPS) is 11.5. The van der Waals surface area contributed by atoms with E-state index in [0.717, 1.165) is 12.4 Å². The van der Waals surface area contributed by atoms with Crippen LogP contribution >= 0.6 is 0 Å². The largest absolute Gasteiger partial charge is 0.447 e. The van der Waals surface area contributed by atoms with Crippen molar-refractivity contribution in [3.05, 3.63) is 171 Å². The summed E-state index contributed by atoms with van der Waals surface area (Å²) >= 11 is 0. The number of hydrogen-bond acceptors (Lipinski definition) is 2. The minimum absolute atomic E-state index is 0.765. The van der Waals surface area contributed by atoms with Gasteiger partial charge in [-0.05, 0) is 0 Å². The van der Waals surface area contributed by atoms with Gasteiger partial charge in [-0.3, -0.25) is 0 Å². The molecule has 0 saturated carbocycles. The SMILES string of the molecule is COc1cncc[n+]1Cc1ccccc1.Fc1c(F)c(F)c([B-](c2c(F)c(F)c(F)c(F)c2F)(c2c(F)c(F)c(F)c(F)c2F)c2c(F)c(F)c(F)c(F)c2F)c(F)c1F. The Morgan fingerprint density at radius 1 is 0.417 bits per heavy atom. The summed E-state index contributed by atoms with van der Waals surface area (Å²) in [5, 5.41) is 0. The highest BCUT2D eigenvalue weighted by atomic mass is 19.2. The molecule has 0 bridgehead atoms. The van der Waals surface area contributed by atoms with Gasteiger partial charge in [0, 0.05) is 5.56 Å². The molecule has 0 aliphatic rings. The lowest BCUT2D eigenvalue weighted by Gasteiger charge is -2.44. The Morgan fingerprint density at radius 3 is 0.950 bits per heavy atom. The molecule has 0 aliphatic heterocycles. The highest BCUT2D eigenvalue weighted by molar-refractivity contribution is 7.20. The Kier molecular flexibility index (Phi) is 12.5. The van der Waals surface area contributed by atoms with Crippen LogP contribution in [0.3, 0.4) is 0 Å². The average molecular weight is 880 g/mol. The predicted molar refractivity (Wildman–Crippen MR) is 166 cm³/mol. The minimum atomic E-state index is -7.22. The highest BCUT2D eigenvalue weighted by Crippen LogP contribution is 2.30. The van der Waals surface area contributed by atoms with Gasteiger partial charge in [0.1, 0.15) is 58.9 Å². The van der Waals surface area contributed by atoms with Gasteiger partial charge >= 0.3 is 5.88 Å². The monoisotopic (exact) mass is 880 g/mol. The Bertz CT molecular complexity index is 2300. The van der Waals surface area contributed by atoms with Gasteiger partial charge in [-0.25, -0.2) is 92.8 Å². The molecule has 0 atom stereocenters. The fourth-order valence-electron chi connectivity index (χ4n) is 6.33. The van der Waals surface area contributed by atoms with E-state index >= 15 is 35.1 Å². The summed E-state index contributed by atoms with van der Waals surface area (Å²) < 4.78 is 301. The van der Waals surface area contributed by atoms with E-state index in [0.29, 0.717) is 0 Å². The first kappa shape index (κ1) is 44.7. The molecule has 0 amide bonds. The Balaban J connectivity index is 0.000000379. The van der Waals surface area contributed by atoms with Crippen molar-refractivity contribution in [3.8, 4) is 5.88 Å². The van der Waals surface area contributed by atoms with Gasteiger partial charge in [-0.2, -0.15) is 4.57 Å². The first-order valence-corrected chi connectivity index (χ1v) is 15.7. The van der Waals surface area contributed by atoms with Crippen LogP contribution in [0.2, 0.25) is 0 Å². The number of halogens is 20. The third-order valence-corrected chi connectivity index (χ3v) is 8.91. The first-order chi connectivity index (χ1) is 28.1. The summed E-state index contributed by atoms with van der Waals surface area (Å²) in [6.07, 6.45) is -1.84. The van der Waals surface area contributed by atoms with E-state index in [1.54, 1.807) is 19.5 Å². The number of nitrogens with zero attached hydrogens (tertiary/aromatic N) is 2. The standard InChI is InChI=1S/C24BF20.C12H13N2O/c26-5-1(6(27)14(35)21(42)13(5)34)25(2-7(28)15(36)22(43)16(37)8(2)29,3-9(30)17(38)23(44)18(39)10(3)31)4-11(32)19(40)24(45)20(41)12(4)33;1-15-12-9-13-7-8-14(12)10-11-5-3-2-4-6-11/h;2-9H,10H2,1H3/q-1;+1. The van der Waals surface area contributed by atoms with Crippen LogP contribution in [-0.4, -0.2) is 18.2 Å². The smallest absolute Gasteiger partial charge is 0.386 e. The molecule has 0 spiro atoms. The second-order valence-electron chi connectivity index (χ2n) is 12.0. The fourth-order valence-corrected chi connectivity index (χ4v) is 6.33. The van der Waals surface area contributed by atoms with Crippen molar-refractivity contribution >= 4 is 28.0 Å². The van der Waals surface area contributed by atoms with Gasteiger partial charge < -0.3 is 4.74 Å². The lowest BCUT2D eigenvalue weighted by molar-refractivity contribution is -0.693. The topological polar surface area (TPSA) is 26.0 Å². The number of hydrogen-bond donors (Lipinski definition) is 0. The van der Waals surface area contributed by atoms with Gasteiger partial charge in [0.2, 0.25) is 0 Å². The van der Waals surface area contributed by atoms with Crippen molar-refractivity contribution in [2.45, 2.75) is 6.54 Å². The van der Waals surface area contributed by atoms with Crippen LogP contribution in [0.1, 0.15) is 5.56 Å². The number of benzene rings is 5. The molecule has 0 unspecified atom stereocenters. The lowest BCUT2D eigenvalue weighted by atomic mass is 9.12. The number of rotatable bonds is 7. The molecule has 60 heavy (non-hydrogen) atoms. The van der Waals surface area contributed by atoms with Crippen molar-refractivity contribution in [3.63, 3.8) is 0 Å². The fraction of sp³-hybridized carbons (Fsp3) is 0.0556. The molecule has 0 aliphatic carbocycles. The minimum Gasteiger partial charge on any atom is -0.447 e. The second-order valence-corrected chi connectivity index (χ2v) is 12.0. The molecule has 5 aromatic carbocycles. The maximum atomic E-state index is 15.4. The van der Waals surface area contributed by atoms with E-state index in [2.05, 4.69) is 17.1 Å². The second kappa shape index (κ2) is 16.7. The Morgan fingerprint density at radius 2 is 0.683 bits per heavy atom.